The molecular formula is C33H27N5O8S. The predicted octanol–water partition coefficient (Wildman–Crippen LogP) is 4.52. The number of benzene rings is 2. The number of allylic oxidation sites excluding steroid dienone is 2. The lowest BCUT2D eigenvalue weighted by molar-refractivity contribution is 0.0818. The topological polar surface area (TPSA) is 192 Å². The molecule has 0 radical (unpaired) electrons. The number of likely N-dealkylation sites (tertiary alicyclic amines) is 1. The van der Waals surface area contributed by atoms with Crippen LogP contribution in [0.2, 0.25) is 0 Å². The standard InChI is InChI=1S/C33H27N5O8S/c1-46-30-27-17(10-21(36-27)33(45)47-2)15-4-6-38(28(15)29(30)42)32(44)20-9-16-14-3-5-37(22(14)12-25(41)26(16)35-20)31(43)19-7-13-8-23(39)24(40)11-18(13)34-19/h7-12,14,34-36,39-40,42H,3-6H2,1-2H3. The molecule has 1 unspecified atom stereocenters. The van der Waals surface area contributed by atoms with Gasteiger partial charge in [0.2, 0.25) is 10.9 Å². The SMILES string of the molecule is COc1c(O)c2c(c3cc(C(=O)SC)[nH]c13)CCN2C(=O)c1cc2c([nH]1)C(=O)C=C1C2CCN1C(=O)c1cc2cc(O)c(O)cc2[nH]1. The van der Waals surface area contributed by atoms with E-state index in [2.05, 4.69) is 15.0 Å². The first kappa shape index (κ1) is 28.8. The normalized spacial score (nSPS) is 16.9. The van der Waals surface area contributed by atoms with Crippen LogP contribution in [0.4, 0.5) is 5.69 Å². The highest BCUT2D eigenvalue weighted by Gasteiger charge is 2.41. The number of anilines is 1. The van der Waals surface area contributed by atoms with Gasteiger partial charge < -0.3 is 44.8 Å². The summed E-state index contributed by atoms with van der Waals surface area (Å²) in [5.74, 6) is -2.22. The number of carbonyl (C=O) groups is 4. The number of carbonyl (C=O) groups excluding carboxylic acids is 4. The number of ketones is 1. The van der Waals surface area contributed by atoms with E-state index in [9.17, 15) is 34.5 Å². The summed E-state index contributed by atoms with van der Waals surface area (Å²) in [6.45, 7) is 0.594. The van der Waals surface area contributed by atoms with E-state index in [4.69, 9.17) is 4.74 Å². The van der Waals surface area contributed by atoms with E-state index in [1.165, 1.54) is 35.1 Å². The molecule has 0 spiro atoms. The van der Waals surface area contributed by atoms with E-state index in [0.29, 0.717) is 63.7 Å². The van der Waals surface area contributed by atoms with E-state index in [-0.39, 0.29) is 75.0 Å². The lowest BCUT2D eigenvalue weighted by Gasteiger charge is -2.23. The second-order valence-electron chi connectivity index (χ2n) is 11.7. The summed E-state index contributed by atoms with van der Waals surface area (Å²) in [5.41, 5.74) is 4.10. The average Bonchev–Trinajstić information content (AvgIpc) is 3.88. The van der Waals surface area contributed by atoms with Crippen molar-refractivity contribution in [3.05, 3.63) is 76.0 Å². The fourth-order valence-electron chi connectivity index (χ4n) is 7.14. The van der Waals surface area contributed by atoms with Crippen molar-refractivity contribution < 1.29 is 39.2 Å². The van der Waals surface area contributed by atoms with Gasteiger partial charge in [0.25, 0.3) is 11.8 Å². The van der Waals surface area contributed by atoms with Crippen LogP contribution in [0.1, 0.15) is 65.4 Å². The maximum absolute atomic E-state index is 14.0. The van der Waals surface area contributed by atoms with Crippen molar-refractivity contribution in [3.63, 3.8) is 0 Å². The molecule has 8 rings (SSSR count). The summed E-state index contributed by atoms with van der Waals surface area (Å²) in [4.78, 5) is 65.4. The number of thioether (sulfide) groups is 1. The molecule has 3 aliphatic rings. The molecule has 2 amide bonds. The van der Waals surface area contributed by atoms with Gasteiger partial charge in [-0.3, -0.25) is 19.2 Å². The number of hydrogen-bond donors (Lipinski definition) is 6. The quantitative estimate of drug-likeness (QED) is 0.151. The van der Waals surface area contributed by atoms with Crippen molar-refractivity contribution in [1.82, 2.24) is 19.9 Å². The molecule has 5 aromatic rings. The fraction of sp³-hybridized carbons (Fsp3) is 0.212. The molecule has 3 aromatic heterocycles. The Morgan fingerprint density at radius 1 is 0.915 bits per heavy atom. The second-order valence-corrected chi connectivity index (χ2v) is 12.5. The molecule has 1 saturated heterocycles. The zero-order chi connectivity index (χ0) is 32.9. The number of fused-ring (bicyclic) bond motifs is 7. The van der Waals surface area contributed by atoms with Crippen LogP contribution in [0.5, 0.6) is 23.0 Å². The maximum atomic E-state index is 14.0. The van der Waals surface area contributed by atoms with Crippen molar-refractivity contribution in [2.45, 2.75) is 18.8 Å². The van der Waals surface area contributed by atoms with Crippen molar-refractivity contribution in [3.8, 4) is 23.0 Å². The van der Waals surface area contributed by atoms with Crippen molar-refractivity contribution in [2.75, 3.05) is 31.4 Å². The number of aromatic amines is 3. The largest absolute Gasteiger partial charge is 0.504 e. The number of nitrogens with one attached hydrogen (secondary N) is 3. The summed E-state index contributed by atoms with van der Waals surface area (Å²) in [7, 11) is 1.40. The molecule has 47 heavy (non-hydrogen) atoms. The number of phenolic OH excluding ortho intramolecular Hbond substituents is 3. The summed E-state index contributed by atoms with van der Waals surface area (Å²) in [6.07, 6.45) is 4.05. The molecule has 14 heteroatoms. The maximum Gasteiger partial charge on any atom is 0.274 e. The molecule has 6 N–H and O–H groups in total. The Kier molecular flexibility index (Phi) is 6.25. The Hall–Kier alpha value is -5.63. The number of H-pyrrole nitrogens is 3. The number of hydrogen-bond acceptors (Lipinski definition) is 9. The highest BCUT2D eigenvalue weighted by molar-refractivity contribution is 8.13. The smallest absolute Gasteiger partial charge is 0.274 e. The number of ether oxygens (including phenoxy) is 1. The van der Waals surface area contributed by atoms with E-state index in [0.717, 1.165) is 11.8 Å². The molecule has 5 heterocycles. The minimum atomic E-state index is -0.448. The molecule has 2 aliphatic heterocycles. The number of nitrogens with zero attached hydrogens (tertiary/aromatic N) is 2. The van der Waals surface area contributed by atoms with Gasteiger partial charge in [-0.2, -0.15) is 0 Å². The molecule has 1 atom stereocenters. The van der Waals surface area contributed by atoms with Gasteiger partial charge in [0, 0.05) is 53.1 Å². The van der Waals surface area contributed by atoms with Crippen LogP contribution in [0, 0.1) is 0 Å². The Morgan fingerprint density at radius 2 is 1.66 bits per heavy atom. The van der Waals surface area contributed by atoms with Gasteiger partial charge >= 0.3 is 0 Å². The average molecular weight is 654 g/mol. The van der Waals surface area contributed by atoms with Gasteiger partial charge in [0.05, 0.1) is 29.7 Å². The van der Waals surface area contributed by atoms with E-state index >= 15 is 0 Å². The van der Waals surface area contributed by atoms with Crippen LogP contribution < -0.4 is 9.64 Å². The lowest BCUT2D eigenvalue weighted by Crippen LogP contribution is -2.29. The van der Waals surface area contributed by atoms with E-state index in [1.807, 2.05) is 0 Å². The summed E-state index contributed by atoms with van der Waals surface area (Å²) in [6, 6.07) is 7.62. The summed E-state index contributed by atoms with van der Waals surface area (Å²) in [5, 5.41) is 32.0. The van der Waals surface area contributed by atoms with Gasteiger partial charge in [0.1, 0.15) is 11.4 Å². The van der Waals surface area contributed by atoms with Crippen LogP contribution in [-0.4, -0.2) is 84.3 Å². The molecular weight excluding hydrogens is 626 g/mol. The van der Waals surface area contributed by atoms with Crippen LogP contribution >= 0.6 is 11.8 Å². The molecule has 238 valence electrons. The van der Waals surface area contributed by atoms with Gasteiger partial charge in [0.15, 0.2) is 23.0 Å². The number of aromatic hydroxyl groups is 3. The highest BCUT2D eigenvalue weighted by atomic mass is 32.2. The van der Waals surface area contributed by atoms with Crippen LogP contribution in [0.3, 0.4) is 0 Å². The second kappa shape index (κ2) is 10.2. The van der Waals surface area contributed by atoms with Gasteiger partial charge in [-0.15, -0.1) is 0 Å². The van der Waals surface area contributed by atoms with Crippen LogP contribution in [-0.2, 0) is 6.42 Å². The van der Waals surface area contributed by atoms with Crippen molar-refractivity contribution >= 4 is 62.0 Å². The first-order valence-corrected chi connectivity index (χ1v) is 16.0. The minimum absolute atomic E-state index is 0.118. The number of aromatic nitrogens is 3. The first-order chi connectivity index (χ1) is 22.6. The van der Waals surface area contributed by atoms with Crippen LogP contribution in [0.15, 0.2) is 42.1 Å². The third-order valence-electron chi connectivity index (χ3n) is 9.29. The Balaban J connectivity index is 1.11. The highest BCUT2D eigenvalue weighted by Crippen LogP contribution is 2.50. The zero-order valence-electron chi connectivity index (χ0n) is 25.1. The van der Waals surface area contributed by atoms with E-state index < -0.39 is 5.91 Å². The monoisotopic (exact) mass is 653 g/mol. The molecule has 0 bridgehead atoms. The molecule has 1 aliphatic carbocycles. The molecule has 2 aromatic carbocycles. The van der Waals surface area contributed by atoms with Gasteiger partial charge in [-0.25, -0.2) is 0 Å². The number of phenols is 3. The number of methoxy groups -OCH3 is 1. The third kappa shape index (κ3) is 4.10. The van der Waals surface area contributed by atoms with Gasteiger partial charge in [-0.1, -0.05) is 11.8 Å². The Labute approximate surface area is 269 Å². The summed E-state index contributed by atoms with van der Waals surface area (Å²) >= 11 is 1.05. The lowest BCUT2D eigenvalue weighted by atomic mass is 9.89. The molecule has 13 nitrogen and oxygen atoms in total. The Morgan fingerprint density at radius 3 is 2.43 bits per heavy atom. The van der Waals surface area contributed by atoms with Crippen LogP contribution in [0.25, 0.3) is 21.8 Å². The fourth-order valence-corrected chi connectivity index (χ4v) is 7.47. The molecule has 0 saturated carbocycles. The summed E-state index contributed by atoms with van der Waals surface area (Å²) < 4.78 is 5.51. The van der Waals surface area contributed by atoms with Crippen molar-refractivity contribution in [1.29, 1.82) is 0 Å². The molecule has 1 fully saturated rings. The van der Waals surface area contributed by atoms with Gasteiger partial charge in [-0.05, 0) is 54.5 Å². The number of amides is 2. The number of rotatable bonds is 4. The third-order valence-corrected chi connectivity index (χ3v) is 9.88. The van der Waals surface area contributed by atoms with Crippen molar-refractivity contribution in [2.24, 2.45) is 0 Å². The minimum Gasteiger partial charge on any atom is -0.504 e. The first-order valence-electron chi connectivity index (χ1n) is 14.8. The zero-order valence-corrected chi connectivity index (χ0v) is 25.9. The predicted molar refractivity (Wildman–Crippen MR) is 173 cm³/mol. The Bertz CT molecular complexity index is 2240. The van der Waals surface area contributed by atoms with E-state index in [1.54, 1.807) is 24.5 Å².